The summed E-state index contributed by atoms with van der Waals surface area (Å²) in [5.41, 5.74) is 2.35. The largest absolute Gasteiger partial charge is 0.478 e. The van der Waals surface area contributed by atoms with Crippen molar-refractivity contribution in [2.75, 3.05) is 13.7 Å². The van der Waals surface area contributed by atoms with Crippen molar-refractivity contribution in [1.29, 1.82) is 0 Å². The number of hydrogen-bond donors (Lipinski definition) is 1. The summed E-state index contributed by atoms with van der Waals surface area (Å²) >= 11 is 5.81. The molecule has 0 aliphatic rings. The predicted molar refractivity (Wildman–Crippen MR) is 145 cm³/mol. The van der Waals surface area contributed by atoms with Crippen LogP contribution in [0.25, 0.3) is 22.3 Å². The van der Waals surface area contributed by atoms with Crippen molar-refractivity contribution in [2.45, 2.75) is 19.6 Å². The zero-order chi connectivity index (χ0) is 28.2. The van der Waals surface area contributed by atoms with Crippen LogP contribution in [0.1, 0.15) is 27.3 Å². The van der Waals surface area contributed by atoms with Crippen LogP contribution in [0.15, 0.2) is 66.9 Å². The molecule has 0 fully saturated rings. The van der Waals surface area contributed by atoms with Gasteiger partial charge in [-0.2, -0.15) is 0 Å². The number of ether oxygens (including phenoxy) is 2. The molecule has 0 unspecified atom stereocenters. The Kier molecular flexibility index (Phi) is 7.99. The molecule has 0 bridgehead atoms. The monoisotopic (exact) mass is 564 g/mol. The molecule has 1 N–H and O–H groups in total. The molecule has 8 nitrogen and oxygen atoms in total. The summed E-state index contributed by atoms with van der Waals surface area (Å²) < 4.78 is 43.3. The second-order valence-electron chi connectivity index (χ2n) is 8.92. The fourth-order valence-electron chi connectivity index (χ4n) is 4.26. The number of rotatable bonds is 10. The summed E-state index contributed by atoms with van der Waals surface area (Å²) in [6, 6.07) is 15.3. The van der Waals surface area contributed by atoms with E-state index in [9.17, 15) is 9.90 Å². The van der Waals surface area contributed by atoms with E-state index < -0.39 is 17.6 Å². The van der Waals surface area contributed by atoms with Gasteiger partial charge in [0.1, 0.15) is 29.2 Å². The Labute approximate surface area is 232 Å². The van der Waals surface area contributed by atoms with Crippen LogP contribution in [-0.2, 0) is 24.3 Å². The van der Waals surface area contributed by atoms with Gasteiger partial charge in [0.25, 0.3) is 0 Å². The maximum absolute atomic E-state index is 15.3. The first-order valence-electron chi connectivity index (χ1n) is 12.2. The van der Waals surface area contributed by atoms with Gasteiger partial charge in [-0.05, 0) is 42.5 Å². The molecule has 204 valence electrons. The highest BCUT2D eigenvalue weighted by molar-refractivity contribution is 6.29. The van der Waals surface area contributed by atoms with E-state index in [1.807, 2.05) is 0 Å². The van der Waals surface area contributed by atoms with Crippen LogP contribution in [0.4, 0.5) is 8.78 Å². The maximum atomic E-state index is 15.3. The number of aromatic nitrogens is 4. The topological polar surface area (TPSA) is 99.4 Å². The summed E-state index contributed by atoms with van der Waals surface area (Å²) in [4.78, 5) is 24.4. The molecule has 0 aliphatic carbocycles. The van der Waals surface area contributed by atoms with Crippen molar-refractivity contribution < 1.29 is 28.2 Å². The molecule has 0 radical (unpaired) electrons. The molecule has 11 heteroatoms. The molecule has 5 rings (SSSR count). The number of carboxylic acid groups (broad SMARTS) is 1. The van der Waals surface area contributed by atoms with Crippen LogP contribution in [0.2, 0.25) is 5.15 Å². The van der Waals surface area contributed by atoms with Gasteiger partial charge >= 0.3 is 5.97 Å². The number of methoxy groups -OCH3 is 1. The summed E-state index contributed by atoms with van der Waals surface area (Å²) in [7, 11) is 1.53. The van der Waals surface area contributed by atoms with Crippen molar-refractivity contribution >= 4 is 28.6 Å². The van der Waals surface area contributed by atoms with Crippen molar-refractivity contribution in [3.05, 3.63) is 106 Å². The van der Waals surface area contributed by atoms with E-state index in [4.69, 9.17) is 21.1 Å². The normalized spacial score (nSPS) is 11.2. The molecule has 0 atom stereocenters. The van der Waals surface area contributed by atoms with Crippen LogP contribution >= 0.6 is 11.6 Å². The molecule has 0 amide bonds. The Morgan fingerprint density at radius 1 is 1.05 bits per heavy atom. The number of pyridine rings is 2. The Morgan fingerprint density at radius 3 is 2.55 bits per heavy atom. The molecular weight excluding hydrogens is 542 g/mol. The quantitative estimate of drug-likeness (QED) is 0.210. The third-order valence-electron chi connectivity index (χ3n) is 6.26. The number of fused-ring (bicyclic) bond motifs is 1. The highest BCUT2D eigenvalue weighted by Gasteiger charge is 2.19. The van der Waals surface area contributed by atoms with Gasteiger partial charge in [0.05, 0.1) is 28.9 Å². The second-order valence-corrected chi connectivity index (χ2v) is 9.30. The van der Waals surface area contributed by atoms with Gasteiger partial charge in [0.15, 0.2) is 0 Å². The molecule has 0 saturated heterocycles. The molecule has 0 saturated carbocycles. The Hall–Kier alpha value is -4.41. The standard InChI is InChI=1S/C29H23ClF2N4O4/c1-39-10-9-36-25-13-18(29(37)38)6-7-24(25)34-27(36)14-20-21(31)11-19(12-22(20)32)23-3-2-4-28(35-23)40-16-17-5-8-26(30)33-15-17/h2-8,11-13,15H,9-10,14,16H2,1H3,(H,37,38). The van der Waals surface area contributed by atoms with E-state index in [1.165, 1.54) is 31.4 Å². The molecule has 0 spiro atoms. The fraction of sp³-hybridized carbons (Fsp3) is 0.172. The molecule has 3 heterocycles. The second kappa shape index (κ2) is 11.8. The molecular formula is C29H23ClF2N4O4. The molecule has 3 aromatic heterocycles. The highest BCUT2D eigenvalue weighted by Crippen LogP contribution is 2.28. The van der Waals surface area contributed by atoms with E-state index in [1.54, 1.807) is 47.2 Å². The van der Waals surface area contributed by atoms with Gasteiger partial charge in [0, 0.05) is 49.0 Å². The zero-order valence-corrected chi connectivity index (χ0v) is 22.0. The van der Waals surface area contributed by atoms with Crippen molar-refractivity contribution in [3.63, 3.8) is 0 Å². The number of benzene rings is 2. The molecule has 40 heavy (non-hydrogen) atoms. The van der Waals surface area contributed by atoms with Gasteiger partial charge in [0.2, 0.25) is 5.88 Å². The van der Waals surface area contributed by atoms with Gasteiger partial charge in [-0.1, -0.05) is 23.7 Å². The van der Waals surface area contributed by atoms with Crippen LogP contribution in [0, 0.1) is 11.6 Å². The van der Waals surface area contributed by atoms with Crippen molar-refractivity contribution in [2.24, 2.45) is 0 Å². The summed E-state index contributed by atoms with van der Waals surface area (Å²) in [6.07, 6.45) is 1.44. The Morgan fingerprint density at radius 2 is 1.85 bits per heavy atom. The van der Waals surface area contributed by atoms with E-state index in [0.29, 0.717) is 40.9 Å². The average molecular weight is 565 g/mol. The Bertz CT molecular complexity index is 1670. The van der Waals surface area contributed by atoms with Gasteiger partial charge < -0.3 is 19.1 Å². The lowest BCUT2D eigenvalue weighted by molar-refractivity contribution is 0.0697. The van der Waals surface area contributed by atoms with Crippen molar-refractivity contribution in [3.8, 4) is 17.1 Å². The number of carbonyl (C=O) groups is 1. The van der Waals surface area contributed by atoms with E-state index in [-0.39, 0.29) is 35.6 Å². The van der Waals surface area contributed by atoms with E-state index >= 15 is 8.78 Å². The van der Waals surface area contributed by atoms with Gasteiger partial charge in [-0.3, -0.25) is 0 Å². The van der Waals surface area contributed by atoms with E-state index in [2.05, 4.69) is 15.0 Å². The number of carboxylic acids is 1. The summed E-state index contributed by atoms with van der Waals surface area (Å²) in [5, 5.41) is 9.75. The third kappa shape index (κ3) is 5.93. The first kappa shape index (κ1) is 27.2. The number of hydrogen-bond acceptors (Lipinski definition) is 6. The first-order chi connectivity index (χ1) is 19.3. The van der Waals surface area contributed by atoms with Gasteiger partial charge in [-0.15, -0.1) is 0 Å². The van der Waals surface area contributed by atoms with E-state index in [0.717, 1.165) is 5.56 Å². The van der Waals surface area contributed by atoms with Gasteiger partial charge in [-0.25, -0.2) is 28.5 Å². The SMILES string of the molecule is COCCn1c(Cc2c(F)cc(-c3cccc(OCc4ccc(Cl)nc4)n3)cc2F)nc2ccc(C(=O)O)cc21. The van der Waals surface area contributed by atoms with Crippen LogP contribution < -0.4 is 4.74 Å². The third-order valence-corrected chi connectivity index (χ3v) is 6.49. The van der Waals surface area contributed by atoms with Crippen LogP contribution in [-0.4, -0.2) is 44.3 Å². The predicted octanol–water partition coefficient (Wildman–Crippen LogP) is 5.94. The zero-order valence-electron chi connectivity index (χ0n) is 21.3. The first-order valence-corrected chi connectivity index (χ1v) is 12.6. The maximum Gasteiger partial charge on any atom is 0.335 e. The summed E-state index contributed by atoms with van der Waals surface area (Å²) in [5.74, 6) is -1.94. The number of imidazole rings is 1. The minimum absolute atomic E-state index is 0.0860. The fourth-order valence-corrected chi connectivity index (χ4v) is 4.37. The Balaban J connectivity index is 1.41. The minimum atomic E-state index is -1.08. The lowest BCUT2D eigenvalue weighted by Gasteiger charge is -2.12. The number of halogens is 3. The summed E-state index contributed by atoms with van der Waals surface area (Å²) in [6.45, 7) is 0.827. The lowest BCUT2D eigenvalue weighted by atomic mass is 10.0. The van der Waals surface area contributed by atoms with Crippen LogP contribution in [0.3, 0.4) is 0 Å². The minimum Gasteiger partial charge on any atom is -0.478 e. The number of aromatic carboxylic acids is 1. The van der Waals surface area contributed by atoms with Crippen LogP contribution in [0.5, 0.6) is 5.88 Å². The molecule has 5 aromatic rings. The lowest BCUT2D eigenvalue weighted by Crippen LogP contribution is -2.10. The van der Waals surface area contributed by atoms with Crippen molar-refractivity contribution in [1.82, 2.24) is 19.5 Å². The smallest absolute Gasteiger partial charge is 0.335 e. The molecule has 0 aliphatic heterocycles. The highest BCUT2D eigenvalue weighted by atomic mass is 35.5. The number of nitrogens with zero attached hydrogens (tertiary/aromatic N) is 4. The molecule has 2 aromatic carbocycles. The average Bonchev–Trinajstić information content (AvgIpc) is 3.29.